The van der Waals surface area contributed by atoms with Crippen LogP contribution in [-0.4, -0.2) is 62.7 Å². The van der Waals surface area contributed by atoms with Gasteiger partial charge in [-0.3, -0.25) is 9.59 Å². The number of rotatable bonds is 12. The number of nitrogens with one attached hydrogen (secondary N) is 1. The summed E-state index contributed by atoms with van der Waals surface area (Å²) in [7, 11) is -1.22. The Morgan fingerprint density at radius 2 is 1.65 bits per heavy atom. The van der Waals surface area contributed by atoms with E-state index in [4.69, 9.17) is 0 Å². The van der Waals surface area contributed by atoms with Crippen LogP contribution in [0, 0.1) is 5.82 Å². The van der Waals surface area contributed by atoms with Gasteiger partial charge in [-0.05, 0) is 43.2 Å². The number of carbonyl (C=O) groups excluding carboxylic acids is 2. The summed E-state index contributed by atoms with van der Waals surface area (Å²) < 4.78 is 41.5. The van der Waals surface area contributed by atoms with E-state index < -0.39 is 34.5 Å². The topological polar surface area (TPSA) is 90.0 Å². The summed E-state index contributed by atoms with van der Waals surface area (Å²) in [5.74, 6) is -1.32. The number of benzene rings is 2. The largest absolute Gasteiger partial charge is 0.354 e. The summed E-state index contributed by atoms with van der Waals surface area (Å²) in [4.78, 5) is 27.6. The van der Waals surface area contributed by atoms with Crippen molar-refractivity contribution in [1.82, 2.24) is 14.5 Å². The normalized spacial score (nSPS) is 12.3. The molecule has 1 N–H and O–H groups in total. The molecule has 0 aliphatic heterocycles. The fraction of sp³-hybridized carbons (Fsp3) is 0.417. The van der Waals surface area contributed by atoms with Crippen molar-refractivity contribution in [2.75, 3.05) is 31.5 Å². The van der Waals surface area contributed by atoms with E-state index in [1.54, 1.807) is 37.3 Å². The van der Waals surface area contributed by atoms with E-state index in [1.165, 1.54) is 43.3 Å². The van der Waals surface area contributed by atoms with Crippen LogP contribution in [0.4, 0.5) is 10.1 Å². The molecule has 0 heterocycles. The highest BCUT2D eigenvalue weighted by atomic mass is 32.2. The molecule has 2 amide bonds. The standard InChI is InChI=1S/C24H33FN4O4S/c1-5-6-16-26-24(31)19(2)28(17-20-12-14-21(25)15-13-20)23(30)18-29(34(32,33)27(3)4)22-10-8-7-9-11-22/h7-15,19H,5-6,16-18H2,1-4H3,(H,26,31). The maximum absolute atomic E-state index is 13.5. The average Bonchev–Trinajstić information content (AvgIpc) is 2.82. The Kier molecular flexibility index (Phi) is 10.0. The molecule has 186 valence electrons. The molecule has 10 heteroatoms. The second-order valence-electron chi connectivity index (χ2n) is 8.10. The predicted octanol–water partition coefficient (Wildman–Crippen LogP) is 2.77. The fourth-order valence-corrected chi connectivity index (χ4v) is 4.27. The van der Waals surface area contributed by atoms with E-state index in [2.05, 4.69) is 5.32 Å². The zero-order valence-corrected chi connectivity index (χ0v) is 20.9. The Morgan fingerprint density at radius 1 is 1.03 bits per heavy atom. The van der Waals surface area contributed by atoms with E-state index in [0.29, 0.717) is 17.8 Å². The fourth-order valence-electron chi connectivity index (χ4n) is 3.22. The molecule has 0 spiro atoms. The second-order valence-corrected chi connectivity index (χ2v) is 10.2. The lowest BCUT2D eigenvalue weighted by Crippen LogP contribution is -2.52. The summed E-state index contributed by atoms with van der Waals surface area (Å²) >= 11 is 0. The smallest absolute Gasteiger partial charge is 0.304 e. The number of hydrogen-bond acceptors (Lipinski definition) is 4. The van der Waals surface area contributed by atoms with Gasteiger partial charge in [0.05, 0.1) is 5.69 Å². The SMILES string of the molecule is CCCCNC(=O)C(C)N(Cc1ccc(F)cc1)C(=O)CN(c1ccccc1)S(=O)(=O)N(C)C. The third-order valence-electron chi connectivity index (χ3n) is 5.33. The number of unbranched alkanes of at least 4 members (excludes halogenated alkanes) is 1. The Labute approximate surface area is 201 Å². The Balaban J connectivity index is 2.37. The Morgan fingerprint density at radius 3 is 2.21 bits per heavy atom. The van der Waals surface area contributed by atoms with Crippen molar-refractivity contribution in [2.45, 2.75) is 39.3 Å². The van der Waals surface area contributed by atoms with E-state index in [-0.39, 0.29) is 12.5 Å². The molecule has 0 fully saturated rings. The zero-order valence-electron chi connectivity index (χ0n) is 20.1. The van der Waals surface area contributed by atoms with Crippen molar-refractivity contribution in [3.8, 4) is 0 Å². The maximum atomic E-state index is 13.5. The van der Waals surface area contributed by atoms with Crippen LogP contribution in [0.1, 0.15) is 32.3 Å². The predicted molar refractivity (Wildman–Crippen MR) is 131 cm³/mol. The van der Waals surface area contributed by atoms with Crippen molar-refractivity contribution < 1.29 is 22.4 Å². The molecule has 0 aliphatic carbocycles. The van der Waals surface area contributed by atoms with Crippen molar-refractivity contribution in [3.63, 3.8) is 0 Å². The van der Waals surface area contributed by atoms with Crippen molar-refractivity contribution in [3.05, 3.63) is 66.0 Å². The molecule has 2 aromatic carbocycles. The minimum absolute atomic E-state index is 0.0200. The number of halogens is 1. The first-order chi connectivity index (χ1) is 16.1. The van der Waals surface area contributed by atoms with Crippen LogP contribution in [0.5, 0.6) is 0 Å². The first kappa shape index (κ1) is 27.3. The highest BCUT2D eigenvalue weighted by Crippen LogP contribution is 2.20. The zero-order chi connectivity index (χ0) is 25.3. The number of amides is 2. The molecule has 0 saturated heterocycles. The summed E-state index contributed by atoms with van der Waals surface area (Å²) in [6, 6.07) is 13.0. The van der Waals surface area contributed by atoms with Gasteiger partial charge in [-0.1, -0.05) is 43.7 Å². The third kappa shape index (κ3) is 7.26. The monoisotopic (exact) mass is 492 g/mol. The van der Waals surface area contributed by atoms with Gasteiger partial charge >= 0.3 is 10.2 Å². The van der Waals surface area contributed by atoms with Gasteiger partial charge in [-0.2, -0.15) is 12.7 Å². The molecule has 0 bridgehead atoms. The number of anilines is 1. The number of nitrogens with zero attached hydrogens (tertiary/aromatic N) is 3. The van der Waals surface area contributed by atoms with Gasteiger partial charge in [0.25, 0.3) is 0 Å². The van der Waals surface area contributed by atoms with Crippen LogP contribution in [-0.2, 0) is 26.3 Å². The molecule has 0 aliphatic rings. The highest BCUT2D eigenvalue weighted by Gasteiger charge is 2.32. The van der Waals surface area contributed by atoms with E-state index >= 15 is 0 Å². The maximum Gasteiger partial charge on any atom is 0.304 e. The van der Waals surface area contributed by atoms with Gasteiger partial charge in [0.2, 0.25) is 11.8 Å². The van der Waals surface area contributed by atoms with Gasteiger partial charge in [0.15, 0.2) is 0 Å². The molecular formula is C24H33FN4O4S. The van der Waals surface area contributed by atoms with Crippen molar-refractivity contribution >= 4 is 27.7 Å². The molecule has 0 radical (unpaired) electrons. The van der Waals surface area contributed by atoms with Gasteiger partial charge in [0.1, 0.15) is 18.4 Å². The molecular weight excluding hydrogens is 459 g/mol. The lowest BCUT2D eigenvalue weighted by atomic mass is 10.1. The van der Waals surface area contributed by atoms with Crippen LogP contribution in [0.3, 0.4) is 0 Å². The highest BCUT2D eigenvalue weighted by molar-refractivity contribution is 7.90. The minimum Gasteiger partial charge on any atom is -0.354 e. The molecule has 34 heavy (non-hydrogen) atoms. The Bertz CT molecular complexity index is 1050. The lowest BCUT2D eigenvalue weighted by Gasteiger charge is -2.32. The van der Waals surface area contributed by atoms with Crippen molar-refractivity contribution in [2.24, 2.45) is 0 Å². The van der Waals surface area contributed by atoms with Gasteiger partial charge < -0.3 is 10.2 Å². The van der Waals surface area contributed by atoms with E-state index in [1.807, 2.05) is 6.92 Å². The first-order valence-electron chi connectivity index (χ1n) is 11.1. The first-order valence-corrected chi connectivity index (χ1v) is 12.5. The second kappa shape index (κ2) is 12.5. The lowest BCUT2D eigenvalue weighted by molar-refractivity contribution is -0.139. The summed E-state index contributed by atoms with van der Waals surface area (Å²) in [5, 5.41) is 2.81. The molecule has 1 atom stereocenters. The van der Waals surface area contributed by atoms with Crippen LogP contribution < -0.4 is 9.62 Å². The third-order valence-corrected chi connectivity index (χ3v) is 7.15. The average molecular weight is 493 g/mol. The number of carbonyl (C=O) groups is 2. The van der Waals surface area contributed by atoms with Crippen LogP contribution in [0.25, 0.3) is 0 Å². The van der Waals surface area contributed by atoms with E-state index in [9.17, 15) is 22.4 Å². The molecule has 1 unspecified atom stereocenters. The van der Waals surface area contributed by atoms with Gasteiger partial charge in [0, 0.05) is 27.2 Å². The van der Waals surface area contributed by atoms with Gasteiger partial charge in [-0.15, -0.1) is 0 Å². The van der Waals surface area contributed by atoms with Crippen LogP contribution in [0.2, 0.25) is 0 Å². The molecule has 0 aromatic heterocycles. The van der Waals surface area contributed by atoms with Gasteiger partial charge in [-0.25, -0.2) is 8.70 Å². The van der Waals surface area contributed by atoms with E-state index in [0.717, 1.165) is 21.5 Å². The summed E-state index contributed by atoms with van der Waals surface area (Å²) in [6.45, 7) is 3.59. The molecule has 8 nitrogen and oxygen atoms in total. The van der Waals surface area contributed by atoms with Crippen LogP contribution >= 0.6 is 0 Å². The number of hydrogen-bond donors (Lipinski definition) is 1. The Hall–Kier alpha value is -2.98. The quantitative estimate of drug-likeness (QED) is 0.462. The van der Waals surface area contributed by atoms with Crippen molar-refractivity contribution in [1.29, 1.82) is 0 Å². The summed E-state index contributed by atoms with van der Waals surface area (Å²) in [6.07, 6.45) is 1.70. The molecule has 0 saturated carbocycles. The summed E-state index contributed by atoms with van der Waals surface area (Å²) in [5.41, 5.74) is 0.941. The van der Waals surface area contributed by atoms with Crippen LogP contribution in [0.15, 0.2) is 54.6 Å². The minimum atomic E-state index is -3.99. The number of para-hydroxylation sites is 1. The molecule has 2 aromatic rings. The molecule has 2 rings (SSSR count).